The molecule has 1 aliphatic heterocycles. The minimum Gasteiger partial charge on any atom is -0.481 e. The third-order valence-electron chi connectivity index (χ3n) is 3.46. The lowest BCUT2D eigenvalue weighted by Gasteiger charge is -2.25. The first-order valence-corrected chi connectivity index (χ1v) is 6.77. The molecule has 1 fully saturated rings. The van der Waals surface area contributed by atoms with E-state index in [0.717, 1.165) is 25.8 Å². The molecule has 2 atom stereocenters. The molecule has 0 bridgehead atoms. The van der Waals surface area contributed by atoms with Crippen molar-refractivity contribution < 1.29 is 19.8 Å². The molecule has 0 aromatic rings. The Labute approximate surface area is 113 Å². The number of carboxylic acids is 1. The molecule has 110 valence electrons. The van der Waals surface area contributed by atoms with Crippen LogP contribution in [0.4, 0.5) is 4.79 Å². The number of urea groups is 1. The summed E-state index contributed by atoms with van der Waals surface area (Å²) in [5.74, 6) is -0.448. The van der Waals surface area contributed by atoms with Crippen molar-refractivity contribution in [1.82, 2.24) is 10.2 Å². The molecule has 1 aliphatic rings. The fourth-order valence-electron chi connectivity index (χ4n) is 2.23. The number of aliphatic carboxylic acids is 1. The van der Waals surface area contributed by atoms with E-state index in [1.807, 2.05) is 0 Å². The molecule has 6 nitrogen and oxygen atoms in total. The number of nitrogens with zero attached hydrogens (tertiary/aromatic N) is 1. The van der Waals surface area contributed by atoms with E-state index in [4.69, 9.17) is 5.11 Å². The van der Waals surface area contributed by atoms with Crippen LogP contribution in [0.2, 0.25) is 0 Å². The van der Waals surface area contributed by atoms with Crippen LogP contribution in [0, 0.1) is 5.92 Å². The molecule has 0 aromatic heterocycles. The van der Waals surface area contributed by atoms with Crippen LogP contribution >= 0.6 is 0 Å². The highest BCUT2D eigenvalue weighted by Gasteiger charge is 2.26. The van der Waals surface area contributed by atoms with Gasteiger partial charge in [-0.2, -0.15) is 0 Å². The van der Waals surface area contributed by atoms with E-state index >= 15 is 0 Å². The van der Waals surface area contributed by atoms with Crippen molar-refractivity contribution >= 4 is 12.0 Å². The molecule has 0 aromatic carbocycles. The monoisotopic (exact) mass is 272 g/mol. The summed E-state index contributed by atoms with van der Waals surface area (Å²) in [5, 5.41) is 21.1. The molecule has 2 unspecified atom stereocenters. The Balaban J connectivity index is 2.40. The number of nitrogens with one attached hydrogen (secondary N) is 1. The van der Waals surface area contributed by atoms with Crippen LogP contribution in [0.25, 0.3) is 0 Å². The van der Waals surface area contributed by atoms with E-state index in [1.165, 1.54) is 6.92 Å². The third-order valence-corrected chi connectivity index (χ3v) is 3.46. The van der Waals surface area contributed by atoms with Gasteiger partial charge in [-0.15, -0.1) is 0 Å². The van der Waals surface area contributed by atoms with Gasteiger partial charge in [-0.05, 0) is 32.1 Å². The van der Waals surface area contributed by atoms with Gasteiger partial charge in [0.25, 0.3) is 0 Å². The summed E-state index contributed by atoms with van der Waals surface area (Å²) < 4.78 is 0. The van der Waals surface area contributed by atoms with Crippen molar-refractivity contribution in [2.24, 2.45) is 5.92 Å². The Morgan fingerprint density at radius 1 is 1.37 bits per heavy atom. The Hall–Kier alpha value is -1.30. The molecule has 0 spiro atoms. The lowest BCUT2D eigenvalue weighted by molar-refractivity contribution is -0.141. The number of hydrogen-bond donors (Lipinski definition) is 3. The van der Waals surface area contributed by atoms with Gasteiger partial charge >= 0.3 is 12.0 Å². The maximum absolute atomic E-state index is 11.9. The first-order chi connectivity index (χ1) is 8.80. The highest BCUT2D eigenvalue weighted by atomic mass is 16.4. The predicted octanol–water partition coefficient (Wildman–Crippen LogP) is 1.04. The van der Waals surface area contributed by atoms with Gasteiger partial charge in [-0.3, -0.25) is 4.79 Å². The second kappa shape index (κ2) is 6.75. The van der Waals surface area contributed by atoms with Crippen LogP contribution in [0.5, 0.6) is 0 Å². The predicted molar refractivity (Wildman–Crippen MR) is 70.9 cm³/mol. The number of amides is 2. The molecule has 0 aliphatic carbocycles. The Morgan fingerprint density at radius 3 is 2.68 bits per heavy atom. The third kappa shape index (κ3) is 5.92. The quantitative estimate of drug-likeness (QED) is 0.713. The van der Waals surface area contributed by atoms with Gasteiger partial charge in [0.15, 0.2) is 0 Å². The summed E-state index contributed by atoms with van der Waals surface area (Å²) in [6, 6.07) is -0.222. The van der Waals surface area contributed by atoms with Gasteiger partial charge in [-0.1, -0.05) is 6.92 Å². The molecule has 19 heavy (non-hydrogen) atoms. The van der Waals surface area contributed by atoms with Crippen LogP contribution in [0.3, 0.4) is 0 Å². The van der Waals surface area contributed by atoms with Crippen LogP contribution in [-0.4, -0.2) is 52.3 Å². The second-order valence-corrected chi connectivity index (χ2v) is 5.75. The zero-order valence-electron chi connectivity index (χ0n) is 11.7. The van der Waals surface area contributed by atoms with Crippen LogP contribution < -0.4 is 5.32 Å². The number of hydrogen-bond acceptors (Lipinski definition) is 3. The minimum atomic E-state index is -1.42. The molecule has 6 heteroatoms. The molecular formula is C13H24N2O4. The summed E-state index contributed by atoms with van der Waals surface area (Å²) in [5.41, 5.74) is -1.42. The number of rotatable bonds is 4. The van der Waals surface area contributed by atoms with Gasteiger partial charge in [-0.25, -0.2) is 4.79 Å². The average Bonchev–Trinajstić information content (AvgIpc) is 2.49. The summed E-state index contributed by atoms with van der Waals surface area (Å²) in [7, 11) is 0. The number of carbonyl (C=O) groups excluding carboxylic acids is 1. The lowest BCUT2D eigenvalue weighted by atomic mass is 10.0. The van der Waals surface area contributed by atoms with E-state index in [9.17, 15) is 14.7 Å². The fraction of sp³-hybridized carbons (Fsp3) is 0.846. The molecule has 3 N–H and O–H groups in total. The van der Waals surface area contributed by atoms with Gasteiger partial charge in [0.05, 0.1) is 12.0 Å². The van der Waals surface area contributed by atoms with E-state index in [0.29, 0.717) is 12.5 Å². The van der Waals surface area contributed by atoms with E-state index in [-0.39, 0.29) is 19.0 Å². The minimum absolute atomic E-state index is 0.0514. The fourth-order valence-corrected chi connectivity index (χ4v) is 2.23. The highest BCUT2D eigenvalue weighted by molar-refractivity contribution is 5.74. The molecule has 1 rings (SSSR count). The summed E-state index contributed by atoms with van der Waals surface area (Å²) in [6.07, 6.45) is 2.71. The first-order valence-electron chi connectivity index (χ1n) is 6.77. The number of carboxylic acid groups (broad SMARTS) is 1. The summed E-state index contributed by atoms with van der Waals surface area (Å²) in [4.78, 5) is 24.2. The maximum Gasteiger partial charge on any atom is 0.317 e. The van der Waals surface area contributed by atoms with Gasteiger partial charge in [0.1, 0.15) is 0 Å². The standard InChI is InChI=1S/C13H24N2O4/c1-10-4-3-6-15(7-5-10)12(18)14-9-13(2,19)8-11(16)17/h10,19H,3-9H2,1-2H3,(H,14,18)(H,16,17). The van der Waals surface area contributed by atoms with Crippen molar-refractivity contribution in [3.05, 3.63) is 0 Å². The van der Waals surface area contributed by atoms with Crippen LogP contribution in [-0.2, 0) is 4.79 Å². The van der Waals surface area contributed by atoms with Crippen LogP contribution in [0.1, 0.15) is 39.5 Å². The van der Waals surface area contributed by atoms with Crippen molar-refractivity contribution in [3.63, 3.8) is 0 Å². The molecule has 1 heterocycles. The largest absolute Gasteiger partial charge is 0.481 e. The molecule has 2 amide bonds. The smallest absolute Gasteiger partial charge is 0.317 e. The average molecular weight is 272 g/mol. The SMILES string of the molecule is CC1CCCN(C(=O)NCC(C)(O)CC(=O)O)CC1. The molecular weight excluding hydrogens is 248 g/mol. The van der Waals surface area contributed by atoms with Crippen molar-refractivity contribution in [2.45, 2.75) is 45.1 Å². The van der Waals surface area contributed by atoms with E-state index in [2.05, 4.69) is 12.2 Å². The van der Waals surface area contributed by atoms with Crippen LogP contribution in [0.15, 0.2) is 0 Å². The van der Waals surface area contributed by atoms with Gasteiger partial charge in [0, 0.05) is 19.6 Å². The van der Waals surface area contributed by atoms with E-state index in [1.54, 1.807) is 4.90 Å². The number of aliphatic hydroxyl groups is 1. The Bertz CT molecular complexity index is 331. The first kappa shape index (κ1) is 15.8. The zero-order valence-corrected chi connectivity index (χ0v) is 11.7. The molecule has 0 radical (unpaired) electrons. The van der Waals surface area contributed by atoms with Crippen molar-refractivity contribution in [1.29, 1.82) is 0 Å². The summed E-state index contributed by atoms with van der Waals surface area (Å²) >= 11 is 0. The summed E-state index contributed by atoms with van der Waals surface area (Å²) in [6.45, 7) is 4.97. The van der Waals surface area contributed by atoms with Crippen molar-refractivity contribution in [3.8, 4) is 0 Å². The zero-order chi connectivity index (χ0) is 14.5. The Kier molecular flexibility index (Phi) is 5.60. The Morgan fingerprint density at radius 2 is 2.05 bits per heavy atom. The highest BCUT2D eigenvalue weighted by Crippen LogP contribution is 2.16. The number of likely N-dealkylation sites (tertiary alicyclic amines) is 1. The lowest BCUT2D eigenvalue weighted by Crippen LogP contribution is -2.47. The number of carbonyl (C=O) groups is 2. The van der Waals surface area contributed by atoms with Gasteiger partial charge in [0.2, 0.25) is 0 Å². The normalized spacial score (nSPS) is 23.3. The van der Waals surface area contributed by atoms with Gasteiger partial charge < -0.3 is 20.4 Å². The van der Waals surface area contributed by atoms with E-state index < -0.39 is 11.6 Å². The second-order valence-electron chi connectivity index (χ2n) is 5.75. The molecule has 0 saturated carbocycles. The van der Waals surface area contributed by atoms with Crippen molar-refractivity contribution in [2.75, 3.05) is 19.6 Å². The topological polar surface area (TPSA) is 89.9 Å². The molecule has 1 saturated heterocycles. The maximum atomic E-state index is 11.9.